The summed E-state index contributed by atoms with van der Waals surface area (Å²) in [4.78, 5) is 15.7. The molecule has 3 N–H and O–H groups in total. The molecular formula is C16H29N5O3S. The first kappa shape index (κ1) is 19.9. The molecule has 1 saturated heterocycles. The van der Waals surface area contributed by atoms with Crippen LogP contribution in [0.25, 0.3) is 0 Å². The zero-order valence-corrected chi connectivity index (χ0v) is 15.8. The first-order chi connectivity index (χ1) is 11.8. The van der Waals surface area contributed by atoms with Gasteiger partial charge in [-0.1, -0.05) is 20.3 Å². The van der Waals surface area contributed by atoms with Gasteiger partial charge in [0, 0.05) is 44.8 Å². The summed E-state index contributed by atoms with van der Waals surface area (Å²) >= 11 is 0. The highest BCUT2D eigenvalue weighted by atomic mass is 32.2. The first-order valence-corrected chi connectivity index (χ1v) is 10.3. The monoisotopic (exact) mass is 371 g/mol. The number of hydrogen-bond donors (Lipinski definition) is 2. The van der Waals surface area contributed by atoms with Gasteiger partial charge in [0.15, 0.2) is 5.03 Å². The fourth-order valence-corrected chi connectivity index (χ4v) is 4.69. The van der Waals surface area contributed by atoms with E-state index in [-0.39, 0.29) is 29.9 Å². The highest BCUT2D eigenvalue weighted by Crippen LogP contribution is 2.24. The Balaban J connectivity index is 2.11. The summed E-state index contributed by atoms with van der Waals surface area (Å²) in [5.41, 5.74) is 5.37. The Kier molecular flexibility index (Phi) is 6.97. The number of hydrogen-bond acceptors (Lipinski definition) is 5. The number of nitrogens with one attached hydrogen (secondary N) is 1. The topological polar surface area (TPSA) is 110 Å². The molecule has 1 amide bonds. The van der Waals surface area contributed by atoms with Crippen molar-refractivity contribution in [1.29, 1.82) is 0 Å². The van der Waals surface area contributed by atoms with Gasteiger partial charge in [-0.3, -0.25) is 4.79 Å². The summed E-state index contributed by atoms with van der Waals surface area (Å²) in [6.45, 7) is 5.91. The molecule has 142 valence electrons. The summed E-state index contributed by atoms with van der Waals surface area (Å²) in [6, 6.07) is -0.240. The SMILES string of the molecule is CC(C)Cn1cnc(S(=O)(=O)N2CCCCC2CNC(=O)CCN)c1. The van der Waals surface area contributed by atoms with Gasteiger partial charge < -0.3 is 15.6 Å². The van der Waals surface area contributed by atoms with Gasteiger partial charge >= 0.3 is 0 Å². The van der Waals surface area contributed by atoms with E-state index in [0.29, 0.717) is 19.0 Å². The van der Waals surface area contributed by atoms with E-state index in [9.17, 15) is 13.2 Å². The second kappa shape index (κ2) is 8.77. The molecule has 0 aromatic carbocycles. The van der Waals surface area contributed by atoms with Crippen molar-refractivity contribution < 1.29 is 13.2 Å². The number of sulfonamides is 1. The third-order valence-corrected chi connectivity index (χ3v) is 6.08. The molecule has 1 fully saturated rings. The van der Waals surface area contributed by atoms with Crippen molar-refractivity contribution in [3.63, 3.8) is 0 Å². The maximum Gasteiger partial charge on any atom is 0.262 e. The quantitative estimate of drug-likeness (QED) is 0.693. The molecule has 25 heavy (non-hydrogen) atoms. The first-order valence-electron chi connectivity index (χ1n) is 8.85. The molecule has 0 spiro atoms. The molecule has 0 aliphatic carbocycles. The van der Waals surface area contributed by atoms with Crippen LogP contribution in [0.1, 0.15) is 39.5 Å². The Morgan fingerprint density at radius 1 is 1.44 bits per heavy atom. The summed E-state index contributed by atoms with van der Waals surface area (Å²) in [6.07, 6.45) is 5.90. The third kappa shape index (κ3) is 5.26. The molecule has 2 heterocycles. The van der Waals surface area contributed by atoms with Gasteiger partial charge in [0.05, 0.1) is 6.33 Å². The van der Waals surface area contributed by atoms with E-state index in [2.05, 4.69) is 24.1 Å². The molecule has 1 aliphatic heterocycles. The Hall–Kier alpha value is -1.45. The van der Waals surface area contributed by atoms with Crippen molar-refractivity contribution in [3.05, 3.63) is 12.5 Å². The number of nitrogens with zero attached hydrogens (tertiary/aromatic N) is 3. The Morgan fingerprint density at radius 2 is 2.20 bits per heavy atom. The Bertz CT molecular complexity index is 671. The minimum atomic E-state index is -3.66. The smallest absolute Gasteiger partial charge is 0.262 e. The molecule has 0 radical (unpaired) electrons. The summed E-state index contributed by atoms with van der Waals surface area (Å²) < 4.78 is 29.3. The standard InChI is InChI=1S/C16H29N5O3S/c1-13(2)10-20-11-16(19-12-20)25(23,24)21-8-4-3-5-14(21)9-18-15(22)6-7-17/h11-14H,3-10,17H2,1-2H3,(H,18,22). The lowest BCUT2D eigenvalue weighted by Crippen LogP contribution is -2.49. The van der Waals surface area contributed by atoms with Crippen LogP contribution in [0, 0.1) is 5.92 Å². The number of piperidine rings is 1. The normalized spacial score (nSPS) is 19.3. The van der Waals surface area contributed by atoms with E-state index < -0.39 is 10.0 Å². The number of carbonyl (C=O) groups is 1. The van der Waals surface area contributed by atoms with E-state index >= 15 is 0 Å². The predicted molar refractivity (Wildman–Crippen MR) is 95.3 cm³/mol. The van der Waals surface area contributed by atoms with Crippen molar-refractivity contribution >= 4 is 15.9 Å². The van der Waals surface area contributed by atoms with Gasteiger partial charge in [0.25, 0.3) is 10.0 Å². The van der Waals surface area contributed by atoms with Crippen LogP contribution < -0.4 is 11.1 Å². The summed E-state index contributed by atoms with van der Waals surface area (Å²) in [7, 11) is -3.66. The molecule has 8 nitrogen and oxygen atoms in total. The minimum Gasteiger partial charge on any atom is -0.354 e. The second-order valence-corrected chi connectivity index (χ2v) is 8.75. The average molecular weight is 372 g/mol. The third-order valence-electron chi connectivity index (χ3n) is 4.24. The van der Waals surface area contributed by atoms with Crippen molar-refractivity contribution in [2.45, 2.75) is 57.1 Å². The molecule has 1 aromatic heterocycles. The lowest BCUT2D eigenvalue weighted by molar-refractivity contribution is -0.121. The van der Waals surface area contributed by atoms with Crippen LogP contribution in [0.3, 0.4) is 0 Å². The van der Waals surface area contributed by atoms with Crippen LogP contribution in [-0.4, -0.2) is 53.9 Å². The summed E-state index contributed by atoms with van der Waals surface area (Å²) in [5, 5.41) is 2.86. The zero-order chi connectivity index (χ0) is 18.4. The van der Waals surface area contributed by atoms with Crippen LogP contribution >= 0.6 is 0 Å². The van der Waals surface area contributed by atoms with Crippen molar-refractivity contribution in [3.8, 4) is 0 Å². The van der Waals surface area contributed by atoms with Crippen LogP contribution in [0.4, 0.5) is 0 Å². The highest BCUT2D eigenvalue weighted by molar-refractivity contribution is 7.89. The van der Waals surface area contributed by atoms with Crippen LogP contribution in [0.5, 0.6) is 0 Å². The van der Waals surface area contributed by atoms with E-state index in [4.69, 9.17) is 5.73 Å². The van der Waals surface area contributed by atoms with Gasteiger partial charge in [-0.15, -0.1) is 0 Å². The second-order valence-electron chi connectivity index (χ2n) is 6.91. The number of imidazole rings is 1. The van der Waals surface area contributed by atoms with Crippen LogP contribution in [-0.2, 0) is 21.4 Å². The largest absolute Gasteiger partial charge is 0.354 e. The molecule has 9 heteroatoms. The zero-order valence-electron chi connectivity index (χ0n) is 15.0. The fourth-order valence-electron chi connectivity index (χ4n) is 3.06. The van der Waals surface area contributed by atoms with Gasteiger partial charge in [-0.2, -0.15) is 4.31 Å². The average Bonchev–Trinajstić information content (AvgIpc) is 3.02. The molecule has 0 saturated carbocycles. The lowest BCUT2D eigenvalue weighted by atomic mass is 10.1. The predicted octanol–water partition coefficient (Wildman–Crippen LogP) is 0.547. The van der Waals surface area contributed by atoms with Crippen LogP contribution in [0.15, 0.2) is 17.6 Å². The number of rotatable bonds is 8. The van der Waals surface area contributed by atoms with E-state index in [1.54, 1.807) is 17.1 Å². The number of carbonyl (C=O) groups excluding carboxylic acids is 1. The molecule has 2 rings (SSSR count). The van der Waals surface area contributed by atoms with Crippen molar-refractivity contribution in [2.75, 3.05) is 19.6 Å². The van der Waals surface area contributed by atoms with E-state index in [1.807, 2.05) is 0 Å². The maximum atomic E-state index is 13.0. The fraction of sp³-hybridized carbons (Fsp3) is 0.750. The van der Waals surface area contributed by atoms with Crippen molar-refractivity contribution in [1.82, 2.24) is 19.2 Å². The van der Waals surface area contributed by atoms with E-state index in [0.717, 1.165) is 25.8 Å². The molecule has 1 aromatic rings. The Labute approximate surface area is 149 Å². The number of amides is 1. The van der Waals surface area contributed by atoms with Gasteiger partial charge in [-0.05, 0) is 18.8 Å². The molecule has 0 bridgehead atoms. The maximum absolute atomic E-state index is 13.0. The van der Waals surface area contributed by atoms with Gasteiger partial charge in [0.2, 0.25) is 5.91 Å². The highest BCUT2D eigenvalue weighted by Gasteiger charge is 2.35. The molecule has 1 atom stereocenters. The molecule has 1 aliphatic rings. The number of aromatic nitrogens is 2. The number of nitrogens with two attached hydrogens (primary N) is 1. The van der Waals surface area contributed by atoms with Crippen molar-refractivity contribution in [2.24, 2.45) is 11.7 Å². The van der Waals surface area contributed by atoms with E-state index in [1.165, 1.54) is 4.31 Å². The van der Waals surface area contributed by atoms with Gasteiger partial charge in [-0.25, -0.2) is 13.4 Å². The minimum absolute atomic E-state index is 0.0772. The molecular weight excluding hydrogens is 342 g/mol. The van der Waals surface area contributed by atoms with Crippen LogP contribution in [0.2, 0.25) is 0 Å². The summed E-state index contributed by atoms with van der Waals surface area (Å²) in [5.74, 6) is 0.261. The lowest BCUT2D eigenvalue weighted by Gasteiger charge is -2.34. The Morgan fingerprint density at radius 3 is 2.88 bits per heavy atom. The van der Waals surface area contributed by atoms with Gasteiger partial charge in [0.1, 0.15) is 0 Å². The molecule has 1 unspecified atom stereocenters.